The summed E-state index contributed by atoms with van der Waals surface area (Å²) < 4.78 is 5.08. The maximum atomic E-state index is 2.64. The molecule has 0 radical (unpaired) electrons. The van der Waals surface area contributed by atoms with Gasteiger partial charge in [0.1, 0.15) is 0 Å². The molecular weight excluding hydrogens is 485 g/mol. The van der Waals surface area contributed by atoms with E-state index < -0.39 is 0 Å². The molecule has 1 aliphatic rings. The molecule has 0 amide bonds. The number of benzene rings is 4. The van der Waals surface area contributed by atoms with Gasteiger partial charge in [0, 0.05) is 22.3 Å². The minimum atomic E-state index is -0.000770. The molecule has 0 bridgehead atoms. The molecule has 0 fully saturated rings. The number of hydrogen-bond donors (Lipinski definition) is 0. The highest BCUT2D eigenvalue weighted by molar-refractivity contribution is 6.71. The molecule has 200 valence electrons. The van der Waals surface area contributed by atoms with Crippen LogP contribution in [0.1, 0.15) is 56.2 Å². The third-order valence-electron chi connectivity index (χ3n) is 8.58. The normalized spacial score (nSPS) is 12.7. The van der Waals surface area contributed by atoms with Crippen LogP contribution in [0.25, 0.3) is 33.9 Å². The molecule has 0 N–H and O–H groups in total. The number of hydrogen-bond acceptors (Lipinski definition) is 1. The van der Waals surface area contributed by atoms with Crippen LogP contribution >= 0.6 is 0 Å². The molecule has 4 aromatic carbocycles. The van der Waals surface area contributed by atoms with E-state index in [9.17, 15) is 0 Å². The van der Waals surface area contributed by atoms with Crippen molar-refractivity contribution in [3.05, 3.63) is 114 Å². The van der Waals surface area contributed by atoms with Gasteiger partial charge in [-0.2, -0.15) is 0 Å². The highest BCUT2D eigenvalue weighted by Gasteiger charge is 2.49. The van der Waals surface area contributed by atoms with Crippen LogP contribution in [-0.2, 0) is 7.05 Å². The van der Waals surface area contributed by atoms with Crippen LogP contribution < -0.4 is 14.8 Å². The summed E-state index contributed by atoms with van der Waals surface area (Å²) in [5.41, 5.74) is 13.1. The van der Waals surface area contributed by atoms with E-state index in [1.165, 1.54) is 61.7 Å². The molecule has 0 saturated carbocycles. The summed E-state index contributed by atoms with van der Waals surface area (Å²) in [6, 6.07) is 35.5. The van der Waals surface area contributed by atoms with Gasteiger partial charge in [0.2, 0.25) is 0 Å². The molecule has 1 aliphatic heterocycles. The fourth-order valence-electron chi connectivity index (χ4n) is 6.74. The first-order valence-corrected chi connectivity index (χ1v) is 14.5. The largest absolute Gasteiger partial charge is 0.538 e. The van der Waals surface area contributed by atoms with Crippen molar-refractivity contribution in [2.45, 2.75) is 46.5 Å². The summed E-state index contributed by atoms with van der Waals surface area (Å²) in [4.78, 5) is 2.52. The number of aryl methyl sites for hydroxylation is 1. The molecule has 0 spiro atoms. The molecule has 0 aliphatic carbocycles. The van der Waals surface area contributed by atoms with Crippen molar-refractivity contribution in [1.82, 2.24) is 4.57 Å². The second-order valence-corrected chi connectivity index (χ2v) is 11.8. The van der Waals surface area contributed by atoms with E-state index in [-0.39, 0.29) is 6.98 Å². The third-order valence-corrected chi connectivity index (χ3v) is 8.58. The summed E-state index contributed by atoms with van der Waals surface area (Å²) in [5.74, 6) is 2.06. The highest BCUT2D eigenvalue weighted by Crippen LogP contribution is 2.41. The maximum Gasteiger partial charge on any atom is 0.538 e. The number of imidazole rings is 1. The van der Waals surface area contributed by atoms with Crippen molar-refractivity contribution in [3.63, 3.8) is 0 Å². The zero-order valence-electron chi connectivity index (χ0n) is 24.8. The summed E-state index contributed by atoms with van der Waals surface area (Å²) in [6.07, 6.45) is 0. The Labute approximate surface area is 239 Å². The van der Waals surface area contributed by atoms with Gasteiger partial charge in [-0.1, -0.05) is 119 Å². The van der Waals surface area contributed by atoms with Gasteiger partial charge < -0.3 is 4.81 Å². The second-order valence-electron chi connectivity index (χ2n) is 11.8. The molecule has 0 atom stereocenters. The molecule has 5 aromatic rings. The van der Waals surface area contributed by atoms with E-state index in [1.807, 2.05) is 0 Å². The average molecular weight is 525 g/mol. The van der Waals surface area contributed by atoms with E-state index in [4.69, 9.17) is 0 Å². The molecule has 0 saturated heterocycles. The fraction of sp³-hybridized carbons (Fsp3) is 0.250. The lowest BCUT2D eigenvalue weighted by Gasteiger charge is -2.34. The van der Waals surface area contributed by atoms with Gasteiger partial charge in [-0.05, 0) is 48.6 Å². The Kier molecular flexibility index (Phi) is 6.66. The molecule has 40 heavy (non-hydrogen) atoms. The predicted molar refractivity (Wildman–Crippen MR) is 170 cm³/mol. The van der Waals surface area contributed by atoms with Crippen LogP contribution in [0.15, 0.2) is 97.1 Å². The van der Waals surface area contributed by atoms with Crippen LogP contribution in [0.2, 0.25) is 0 Å². The third kappa shape index (κ3) is 4.01. The fourth-order valence-corrected chi connectivity index (χ4v) is 6.74. The summed E-state index contributed by atoms with van der Waals surface area (Å²) >= 11 is 0. The van der Waals surface area contributed by atoms with Crippen LogP contribution in [0.5, 0.6) is 0 Å². The molecule has 1 aromatic heterocycles. The number of anilines is 1. The van der Waals surface area contributed by atoms with Gasteiger partial charge in [0.05, 0.1) is 12.6 Å². The monoisotopic (exact) mass is 524 g/mol. The van der Waals surface area contributed by atoms with Crippen LogP contribution in [0.4, 0.5) is 5.69 Å². The van der Waals surface area contributed by atoms with Crippen LogP contribution in [0, 0.1) is 6.92 Å². The van der Waals surface area contributed by atoms with Gasteiger partial charge in [0.15, 0.2) is 11.4 Å². The van der Waals surface area contributed by atoms with E-state index >= 15 is 0 Å². The van der Waals surface area contributed by atoms with Crippen molar-refractivity contribution >= 4 is 18.1 Å². The number of aromatic nitrogens is 2. The van der Waals surface area contributed by atoms with Crippen molar-refractivity contribution < 1.29 is 4.48 Å². The predicted octanol–water partition coefficient (Wildman–Crippen LogP) is 7.56. The molecular formula is C36H39BN3+. The van der Waals surface area contributed by atoms with Crippen molar-refractivity contribution in [1.29, 1.82) is 0 Å². The minimum absolute atomic E-state index is 0.000770. The van der Waals surface area contributed by atoms with Gasteiger partial charge in [-0.15, -0.1) is 0 Å². The number of fused-ring (bicyclic) bond motifs is 3. The molecule has 3 nitrogen and oxygen atoms in total. The van der Waals surface area contributed by atoms with Gasteiger partial charge >= 0.3 is 6.98 Å². The molecule has 2 heterocycles. The number of nitrogens with zero attached hydrogens (tertiary/aromatic N) is 3. The lowest BCUT2D eigenvalue weighted by atomic mass is 9.57. The van der Waals surface area contributed by atoms with Crippen molar-refractivity contribution in [3.8, 4) is 33.9 Å². The van der Waals surface area contributed by atoms with Gasteiger partial charge in [-0.25, -0.2) is 4.57 Å². The maximum absolute atomic E-state index is 2.64. The zero-order valence-corrected chi connectivity index (χ0v) is 24.8. The summed E-state index contributed by atoms with van der Waals surface area (Å²) in [6.45, 7) is 11.6. The van der Waals surface area contributed by atoms with E-state index in [1.54, 1.807) is 0 Å². The summed E-state index contributed by atoms with van der Waals surface area (Å²) in [7, 11) is 4.53. The van der Waals surface area contributed by atoms with E-state index in [2.05, 4.69) is 160 Å². The Balaban J connectivity index is 1.83. The SMILES string of the molecule is Cc1cccc2c1-c1n(C)c(-c3ccccc3)c(-c3ccccc3)[n+]1B(c1c(C(C)C)cccc1C(C)C)N2C. The Morgan fingerprint density at radius 1 is 0.650 bits per heavy atom. The Hall–Kier alpha value is -4.05. The smallest absolute Gasteiger partial charge is 0.372 e. The Bertz CT molecular complexity index is 1660. The average Bonchev–Trinajstić information content (AvgIpc) is 3.26. The first kappa shape index (κ1) is 26.2. The topological polar surface area (TPSA) is 12.0 Å². The van der Waals surface area contributed by atoms with Crippen molar-refractivity contribution in [2.24, 2.45) is 7.05 Å². The van der Waals surface area contributed by atoms with Crippen molar-refractivity contribution in [2.75, 3.05) is 11.9 Å². The van der Waals surface area contributed by atoms with Crippen LogP contribution in [0.3, 0.4) is 0 Å². The Morgan fingerprint density at radius 3 is 1.77 bits per heavy atom. The standard InChI is InChI=1S/C36H39BN3/c1-24(2)29-21-15-22-30(25(3)4)33(29)37-39(7)31-23-14-16-26(5)32(31)36-38(6)34(27-17-10-8-11-18-27)35(40(36)37)28-19-12-9-13-20-28/h8-25H,1-7H3/q+1. The highest BCUT2D eigenvalue weighted by atomic mass is 15.2. The first-order chi connectivity index (χ1) is 19.3. The zero-order chi connectivity index (χ0) is 28.1. The van der Waals surface area contributed by atoms with Gasteiger partial charge in [-0.3, -0.25) is 4.48 Å². The Morgan fingerprint density at radius 2 is 1.20 bits per heavy atom. The summed E-state index contributed by atoms with van der Waals surface area (Å²) in [5, 5.41) is 0. The van der Waals surface area contributed by atoms with Gasteiger partial charge in [0.25, 0.3) is 5.82 Å². The first-order valence-electron chi connectivity index (χ1n) is 14.5. The lowest BCUT2D eigenvalue weighted by molar-refractivity contribution is -0.511. The van der Waals surface area contributed by atoms with E-state index in [0.717, 1.165) is 0 Å². The molecule has 0 unspecified atom stereocenters. The second kappa shape index (κ2) is 10.2. The number of rotatable bonds is 5. The van der Waals surface area contributed by atoms with E-state index in [0.29, 0.717) is 11.8 Å². The molecule has 4 heteroatoms. The van der Waals surface area contributed by atoms with Crippen LogP contribution in [-0.4, -0.2) is 18.6 Å². The quantitative estimate of drug-likeness (QED) is 0.216. The lowest BCUT2D eigenvalue weighted by Crippen LogP contribution is -2.72. The minimum Gasteiger partial charge on any atom is -0.372 e. The molecule has 6 rings (SSSR count).